The molecule has 0 unspecified atom stereocenters. The molecule has 0 radical (unpaired) electrons. The summed E-state index contributed by atoms with van der Waals surface area (Å²) in [4.78, 5) is 0. The topological polar surface area (TPSA) is 0 Å². The molecule has 0 heteroatoms. The van der Waals surface area contributed by atoms with Crippen LogP contribution in [-0.2, 0) is 0 Å². The van der Waals surface area contributed by atoms with Crippen molar-refractivity contribution in [1.82, 2.24) is 0 Å². The molecule has 5 rings (SSSR count). The van der Waals surface area contributed by atoms with Gasteiger partial charge in [0, 0.05) is 5.92 Å². The van der Waals surface area contributed by atoms with Crippen LogP contribution >= 0.6 is 0 Å². The summed E-state index contributed by atoms with van der Waals surface area (Å²) in [6.45, 7) is 0. The maximum Gasteiger partial charge on any atom is 0.0339 e. The van der Waals surface area contributed by atoms with Crippen LogP contribution in [0, 0.1) is 0 Å². The lowest BCUT2D eigenvalue weighted by molar-refractivity contribution is 0.977. The first-order chi connectivity index (χ1) is 14.4. The molecule has 5 aromatic rings. The van der Waals surface area contributed by atoms with Gasteiger partial charge in [-0.1, -0.05) is 140 Å². The van der Waals surface area contributed by atoms with E-state index in [9.17, 15) is 0 Å². The molecule has 5 aromatic carbocycles. The van der Waals surface area contributed by atoms with Crippen molar-refractivity contribution in [3.8, 4) is 0 Å². The third-order valence-electron chi connectivity index (χ3n) is 5.06. The number of benzene rings is 5. The van der Waals surface area contributed by atoms with E-state index in [-0.39, 0.29) is 0 Å². The molecule has 0 saturated heterocycles. The highest BCUT2D eigenvalue weighted by atomic mass is 14.2. The van der Waals surface area contributed by atoms with E-state index in [4.69, 9.17) is 0 Å². The zero-order valence-corrected chi connectivity index (χ0v) is 16.4. The Morgan fingerprint density at radius 2 is 0.517 bits per heavy atom. The van der Waals surface area contributed by atoms with Crippen LogP contribution < -0.4 is 0 Å². The fourth-order valence-corrected chi connectivity index (χ4v) is 3.65. The zero-order chi connectivity index (χ0) is 19.7. The molecule has 0 atom stereocenters. The molecule has 0 aliphatic heterocycles. The highest BCUT2D eigenvalue weighted by Gasteiger charge is 2.15. The van der Waals surface area contributed by atoms with Crippen molar-refractivity contribution >= 4 is 10.8 Å². The smallest absolute Gasteiger partial charge is 0.0339 e. The summed E-state index contributed by atoms with van der Waals surface area (Å²) in [5.41, 5.74) is 4.00. The van der Waals surface area contributed by atoms with E-state index >= 15 is 0 Å². The van der Waals surface area contributed by atoms with Gasteiger partial charge in [0.1, 0.15) is 0 Å². The largest absolute Gasteiger partial charge is 0.0622 e. The summed E-state index contributed by atoms with van der Waals surface area (Å²) in [5, 5.41) is 2.62. The first kappa shape index (κ1) is 18.7. The fourth-order valence-electron chi connectivity index (χ4n) is 3.65. The van der Waals surface area contributed by atoms with Crippen molar-refractivity contribution in [1.29, 1.82) is 0 Å². The predicted octanol–water partition coefficient (Wildman–Crippen LogP) is 7.71. The number of hydrogen-bond donors (Lipinski definition) is 0. The second-order valence-electron chi connectivity index (χ2n) is 7.01. The summed E-state index contributed by atoms with van der Waals surface area (Å²) in [6.07, 6.45) is 0. The maximum absolute atomic E-state index is 2.20. The van der Waals surface area contributed by atoms with Gasteiger partial charge in [0.15, 0.2) is 0 Å². The highest BCUT2D eigenvalue weighted by molar-refractivity contribution is 5.82. The Kier molecular flexibility index (Phi) is 6.14. The Bertz CT molecular complexity index is 970. The number of fused-ring (bicyclic) bond motifs is 1. The number of rotatable bonds is 3. The Labute approximate surface area is 173 Å². The van der Waals surface area contributed by atoms with Gasteiger partial charge in [0.25, 0.3) is 0 Å². The second kappa shape index (κ2) is 9.52. The van der Waals surface area contributed by atoms with Crippen molar-refractivity contribution in [2.45, 2.75) is 5.92 Å². The van der Waals surface area contributed by atoms with E-state index < -0.39 is 0 Å². The molecular formula is C29H24. The third-order valence-corrected chi connectivity index (χ3v) is 5.06. The van der Waals surface area contributed by atoms with E-state index in [1.807, 2.05) is 0 Å². The molecule has 140 valence electrons. The van der Waals surface area contributed by atoms with Gasteiger partial charge in [-0.15, -0.1) is 0 Å². The monoisotopic (exact) mass is 372 g/mol. The summed E-state index contributed by atoms with van der Waals surface area (Å²) in [6, 6.07) is 48.7. The van der Waals surface area contributed by atoms with Crippen LogP contribution in [0.5, 0.6) is 0 Å². The Balaban J connectivity index is 0.000000171. The average Bonchev–Trinajstić information content (AvgIpc) is 2.82. The normalized spacial score (nSPS) is 10.4. The van der Waals surface area contributed by atoms with Gasteiger partial charge < -0.3 is 0 Å². The minimum atomic E-state index is 0.309. The Morgan fingerprint density at radius 3 is 0.793 bits per heavy atom. The van der Waals surface area contributed by atoms with Crippen LogP contribution in [0.15, 0.2) is 140 Å². The van der Waals surface area contributed by atoms with Crippen molar-refractivity contribution < 1.29 is 0 Å². The molecule has 0 heterocycles. The third kappa shape index (κ3) is 4.80. The van der Waals surface area contributed by atoms with Gasteiger partial charge in [0.05, 0.1) is 0 Å². The average molecular weight is 373 g/mol. The second-order valence-corrected chi connectivity index (χ2v) is 7.01. The van der Waals surface area contributed by atoms with E-state index in [2.05, 4.69) is 140 Å². The first-order valence-electron chi connectivity index (χ1n) is 10.0. The molecule has 0 amide bonds. The fraction of sp³-hybridized carbons (Fsp3) is 0.0345. The molecule has 0 N–H and O–H groups in total. The molecular weight excluding hydrogens is 348 g/mol. The maximum atomic E-state index is 2.20. The summed E-state index contributed by atoms with van der Waals surface area (Å²) >= 11 is 0. The quantitative estimate of drug-likeness (QED) is 0.285. The highest BCUT2D eigenvalue weighted by Crippen LogP contribution is 2.31. The minimum Gasteiger partial charge on any atom is -0.0622 e. The molecule has 0 saturated carbocycles. The van der Waals surface area contributed by atoms with Crippen molar-refractivity contribution in [3.63, 3.8) is 0 Å². The van der Waals surface area contributed by atoms with E-state index in [0.29, 0.717) is 5.92 Å². The molecule has 0 aliphatic carbocycles. The van der Waals surface area contributed by atoms with E-state index in [1.54, 1.807) is 0 Å². The first-order valence-corrected chi connectivity index (χ1v) is 10.0. The molecule has 0 nitrogen and oxygen atoms in total. The van der Waals surface area contributed by atoms with Gasteiger partial charge in [-0.3, -0.25) is 0 Å². The minimum absolute atomic E-state index is 0.309. The molecule has 29 heavy (non-hydrogen) atoms. The van der Waals surface area contributed by atoms with Crippen LogP contribution in [0.3, 0.4) is 0 Å². The SMILES string of the molecule is c1ccc(C(c2ccccc2)c2ccccc2)cc1.c1ccc2ccccc2c1. The Morgan fingerprint density at radius 1 is 0.276 bits per heavy atom. The Hall–Kier alpha value is -3.64. The lowest BCUT2D eigenvalue weighted by Gasteiger charge is -2.18. The van der Waals surface area contributed by atoms with E-state index in [1.165, 1.54) is 27.5 Å². The number of hydrogen-bond acceptors (Lipinski definition) is 0. The van der Waals surface area contributed by atoms with Crippen LogP contribution in [0.25, 0.3) is 10.8 Å². The summed E-state index contributed by atoms with van der Waals surface area (Å²) in [5.74, 6) is 0.309. The van der Waals surface area contributed by atoms with Crippen LogP contribution in [0.2, 0.25) is 0 Å². The summed E-state index contributed by atoms with van der Waals surface area (Å²) < 4.78 is 0. The van der Waals surface area contributed by atoms with Gasteiger partial charge in [-0.2, -0.15) is 0 Å². The van der Waals surface area contributed by atoms with Crippen LogP contribution in [-0.4, -0.2) is 0 Å². The van der Waals surface area contributed by atoms with Gasteiger partial charge >= 0.3 is 0 Å². The lowest BCUT2D eigenvalue weighted by atomic mass is 9.85. The molecule has 0 fully saturated rings. The van der Waals surface area contributed by atoms with Crippen molar-refractivity contribution in [2.75, 3.05) is 0 Å². The molecule has 0 aromatic heterocycles. The van der Waals surface area contributed by atoms with Crippen LogP contribution in [0.4, 0.5) is 0 Å². The van der Waals surface area contributed by atoms with Gasteiger partial charge in [-0.05, 0) is 27.5 Å². The van der Waals surface area contributed by atoms with Crippen molar-refractivity contribution in [3.05, 3.63) is 156 Å². The summed E-state index contributed by atoms with van der Waals surface area (Å²) in [7, 11) is 0. The van der Waals surface area contributed by atoms with E-state index in [0.717, 1.165) is 0 Å². The standard InChI is InChI=1S/C19H16.C10H8/c1-4-10-16(11-5-1)19(17-12-6-2-7-13-17)18-14-8-3-9-15-18;1-2-6-10-8-4-3-7-9(10)5-1/h1-15,19H;1-8H. The van der Waals surface area contributed by atoms with Gasteiger partial charge in [-0.25, -0.2) is 0 Å². The molecule has 0 spiro atoms. The lowest BCUT2D eigenvalue weighted by Crippen LogP contribution is -2.02. The molecule has 0 bridgehead atoms. The van der Waals surface area contributed by atoms with Crippen LogP contribution in [0.1, 0.15) is 22.6 Å². The zero-order valence-electron chi connectivity index (χ0n) is 16.4. The molecule has 0 aliphatic rings. The van der Waals surface area contributed by atoms with Crippen molar-refractivity contribution in [2.24, 2.45) is 0 Å². The van der Waals surface area contributed by atoms with Gasteiger partial charge in [0.2, 0.25) is 0 Å². The predicted molar refractivity (Wildman–Crippen MR) is 124 cm³/mol.